The molecule has 0 bridgehead atoms. The molecule has 1 aliphatic heterocycles. The van der Waals surface area contributed by atoms with Gasteiger partial charge in [0.05, 0.1) is 0 Å². The molecular formula is C10H24N2. The van der Waals surface area contributed by atoms with Crippen LogP contribution in [0.4, 0.5) is 0 Å². The molecule has 3 N–H and O–H groups in total. The van der Waals surface area contributed by atoms with Crippen LogP contribution >= 0.6 is 0 Å². The van der Waals surface area contributed by atoms with Gasteiger partial charge in [-0.05, 0) is 37.8 Å². The second kappa shape index (κ2) is 6.44. The second-order valence-corrected chi connectivity index (χ2v) is 3.34. The summed E-state index contributed by atoms with van der Waals surface area (Å²) in [5.41, 5.74) is 6.14. The van der Waals surface area contributed by atoms with Crippen molar-refractivity contribution in [2.75, 3.05) is 19.6 Å². The molecule has 1 fully saturated rings. The van der Waals surface area contributed by atoms with Gasteiger partial charge in [0.25, 0.3) is 0 Å². The van der Waals surface area contributed by atoms with Crippen molar-refractivity contribution < 1.29 is 0 Å². The summed E-state index contributed by atoms with van der Waals surface area (Å²) in [5.74, 6) is 0. The molecule has 0 aromatic carbocycles. The molecule has 0 saturated carbocycles. The summed E-state index contributed by atoms with van der Waals surface area (Å²) in [6, 6.07) is 0. The minimum atomic E-state index is 0.429. The first-order chi connectivity index (χ1) is 5.83. The number of nitrogens with one attached hydrogen (secondary N) is 1. The average Bonchev–Trinajstić information content (AvgIpc) is 2.22. The third kappa shape index (κ3) is 3.11. The summed E-state index contributed by atoms with van der Waals surface area (Å²) in [6.45, 7) is 9.39. The normalized spacial score (nSPS) is 29.0. The molecule has 74 valence electrons. The molecule has 2 nitrogen and oxygen atoms in total. The summed E-state index contributed by atoms with van der Waals surface area (Å²) < 4.78 is 0. The lowest BCUT2D eigenvalue weighted by Gasteiger charge is -2.35. The molecule has 1 unspecified atom stereocenters. The van der Waals surface area contributed by atoms with Crippen LogP contribution in [0.15, 0.2) is 0 Å². The Hall–Kier alpha value is -0.0800. The molecule has 1 saturated heterocycles. The SMILES string of the molecule is CC.CCC1(CN)CCCNC1. The van der Waals surface area contributed by atoms with E-state index in [4.69, 9.17) is 5.73 Å². The molecule has 1 aliphatic rings. The maximum Gasteiger partial charge on any atom is 0.00198 e. The number of nitrogens with two attached hydrogens (primary N) is 1. The number of rotatable bonds is 2. The van der Waals surface area contributed by atoms with Gasteiger partial charge in [-0.3, -0.25) is 0 Å². The van der Waals surface area contributed by atoms with Crippen LogP contribution in [0, 0.1) is 5.41 Å². The van der Waals surface area contributed by atoms with E-state index < -0.39 is 0 Å². The van der Waals surface area contributed by atoms with Crippen molar-refractivity contribution in [3.8, 4) is 0 Å². The third-order valence-corrected chi connectivity index (χ3v) is 2.74. The van der Waals surface area contributed by atoms with Gasteiger partial charge in [0.1, 0.15) is 0 Å². The average molecular weight is 172 g/mol. The van der Waals surface area contributed by atoms with Gasteiger partial charge in [-0.2, -0.15) is 0 Å². The van der Waals surface area contributed by atoms with Gasteiger partial charge in [-0.1, -0.05) is 20.8 Å². The highest BCUT2D eigenvalue weighted by molar-refractivity contribution is 4.84. The maximum absolute atomic E-state index is 5.71. The van der Waals surface area contributed by atoms with Crippen LogP contribution in [-0.4, -0.2) is 19.6 Å². The van der Waals surface area contributed by atoms with E-state index in [1.165, 1.54) is 25.8 Å². The van der Waals surface area contributed by atoms with Crippen LogP contribution < -0.4 is 11.1 Å². The minimum absolute atomic E-state index is 0.429. The molecule has 0 spiro atoms. The number of hydrogen-bond donors (Lipinski definition) is 2. The predicted octanol–water partition coefficient (Wildman–Crippen LogP) is 1.75. The van der Waals surface area contributed by atoms with Crippen molar-refractivity contribution in [1.29, 1.82) is 0 Å². The van der Waals surface area contributed by atoms with Gasteiger partial charge in [0.15, 0.2) is 0 Å². The Morgan fingerprint density at radius 2 is 2.08 bits per heavy atom. The predicted molar refractivity (Wildman–Crippen MR) is 55.2 cm³/mol. The zero-order chi connectivity index (χ0) is 9.45. The second-order valence-electron chi connectivity index (χ2n) is 3.34. The first-order valence-electron chi connectivity index (χ1n) is 5.24. The molecule has 0 aliphatic carbocycles. The van der Waals surface area contributed by atoms with Crippen LogP contribution in [0.3, 0.4) is 0 Å². The van der Waals surface area contributed by atoms with Crippen molar-refractivity contribution in [3.05, 3.63) is 0 Å². The summed E-state index contributed by atoms with van der Waals surface area (Å²) in [4.78, 5) is 0. The van der Waals surface area contributed by atoms with Gasteiger partial charge in [0.2, 0.25) is 0 Å². The van der Waals surface area contributed by atoms with Gasteiger partial charge >= 0.3 is 0 Å². The quantitative estimate of drug-likeness (QED) is 0.666. The number of piperidine rings is 1. The van der Waals surface area contributed by atoms with E-state index in [1.807, 2.05) is 13.8 Å². The largest absolute Gasteiger partial charge is 0.330 e. The summed E-state index contributed by atoms with van der Waals surface area (Å²) in [5, 5.41) is 3.40. The van der Waals surface area contributed by atoms with E-state index in [0.717, 1.165) is 13.1 Å². The van der Waals surface area contributed by atoms with Gasteiger partial charge in [0, 0.05) is 6.54 Å². The topological polar surface area (TPSA) is 38.0 Å². The standard InChI is InChI=1S/C8H18N2.C2H6/c1-2-8(6-9)4-3-5-10-7-8;1-2/h10H,2-7,9H2,1H3;1-2H3. The highest BCUT2D eigenvalue weighted by Crippen LogP contribution is 2.27. The Morgan fingerprint density at radius 3 is 2.33 bits per heavy atom. The molecule has 0 radical (unpaired) electrons. The Bertz CT molecular complexity index is 90.0. The van der Waals surface area contributed by atoms with E-state index >= 15 is 0 Å². The van der Waals surface area contributed by atoms with Crippen molar-refractivity contribution in [2.24, 2.45) is 11.1 Å². The van der Waals surface area contributed by atoms with E-state index in [9.17, 15) is 0 Å². The molecule has 1 atom stereocenters. The Kier molecular flexibility index (Phi) is 6.39. The monoisotopic (exact) mass is 172 g/mol. The molecule has 0 aromatic heterocycles. The highest BCUT2D eigenvalue weighted by atomic mass is 14.9. The minimum Gasteiger partial charge on any atom is -0.330 e. The fraction of sp³-hybridized carbons (Fsp3) is 1.00. The molecule has 0 amide bonds. The van der Waals surface area contributed by atoms with Crippen LogP contribution in [0.1, 0.15) is 40.0 Å². The summed E-state index contributed by atoms with van der Waals surface area (Å²) in [6.07, 6.45) is 3.83. The lowest BCUT2D eigenvalue weighted by molar-refractivity contribution is 0.210. The van der Waals surface area contributed by atoms with Gasteiger partial charge in [-0.25, -0.2) is 0 Å². The zero-order valence-electron chi connectivity index (χ0n) is 8.82. The Balaban J connectivity index is 0.000000561. The fourth-order valence-electron chi connectivity index (χ4n) is 1.65. The fourth-order valence-corrected chi connectivity index (χ4v) is 1.65. The Labute approximate surface area is 76.9 Å². The Morgan fingerprint density at radius 1 is 1.42 bits per heavy atom. The van der Waals surface area contributed by atoms with E-state index in [-0.39, 0.29) is 0 Å². The van der Waals surface area contributed by atoms with Gasteiger partial charge in [-0.15, -0.1) is 0 Å². The lowest BCUT2D eigenvalue weighted by atomic mass is 9.78. The van der Waals surface area contributed by atoms with Crippen LogP contribution in [-0.2, 0) is 0 Å². The molecular weight excluding hydrogens is 148 g/mol. The van der Waals surface area contributed by atoms with E-state index in [1.54, 1.807) is 0 Å². The van der Waals surface area contributed by atoms with Gasteiger partial charge < -0.3 is 11.1 Å². The first-order valence-corrected chi connectivity index (χ1v) is 5.24. The van der Waals surface area contributed by atoms with E-state index in [0.29, 0.717) is 5.41 Å². The molecule has 1 heterocycles. The zero-order valence-corrected chi connectivity index (χ0v) is 8.82. The molecule has 0 aromatic rings. The molecule has 2 heteroatoms. The first kappa shape index (κ1) is 11.9. The smallest absolute Gasteiger partial charge is 0.00198 e. The lowest BCUT2D eigenvalue weighted by Crippen LogP contribution is -2.44. The van der Waals surface area contributed by atoms with Crippen molar-refractivity contribution >= 4 is 0 Å². The van der Waals surface area contributed by atoms with Crippen molar-refractivity contribution in [3.63, 3.8) is 0 Å². The van der Waals surface area contributed by atoms with Crippen molar-refractivity contribution in [2.45, 2.75) is 40.0 Å². The summed E-state index contributed by atoms with van der Waals surface area (Å²) >= 11 is 0. The molecule has 1 rings (SSSR count). The van der Waals surface area contributed by atoms with Crippen LogP contribution in [0.2, 0.25) is 0 Å². The van der Waals surface area contributed by atoms with Crippen LogP contribution in [0.25, 0.3) is 0 Å². The maximum atomic E-state index is 5.71. The molecule has 12 heavy (non-hydrogen) atoms. The van der Waals surface area contributed by atoms with Crippen LogP contribution in [0.5, 0.6) is 0 Å². The third-order valence-electron chi connectivity index (χ3n) is 2.74. The van der Waals surface area contributed by atoms with Crippen molar-refractivity contribution in [1.82, 2.24) is 5.32 Å². The summed E-state index contributed by atoms with van der Waals surface area (Å²) in [7, 11) is 0. The highest BCUT2D eigenvalue weighted by Gasteiger charge is 2.27. The number of hydrogen-bond acceptors (Lipinski definition) is 2. The van der Waals surface area contributed by atoms with E-state index in [2.05, 4.69) is 12.2 Å².